The predicted molar refractivity (Wildman–Crippen MR) is 62.5 cm³/mol. The van der Waals surface area contributed by atoms with Gasteiger partial charge in [0.15, 0.2) is 0 Å². The first kappa shape index (κ1) is 13.2. The Labute approximate surface area is 101 Å². The fraction of sp³-hybridized carbons (Fsp3) is 0.385. The molecule has 4 heteroatoms. The lowest BCUT2D eigenvalue weighted by Crippen LogP contribution is -2.04. The van der Waals surface area contributed by atoms with E-state index in [-0.39, 0.29) is 18.5 Å². The van der Waals surface area contributed by atoms with Gasteiger partial charge in [-0.1, -0.05) is 19.1 Å². The summed E-state index contributed by atoms with van der Waals surface area (Å²) in [5, 5.41) is 0. The normalized spacial score (nSPS) is 9.76. The van der Waals surface area contributed by atoms with Crippen molar-refractivity contribution in [2.24, 2.45) is 0 Å². The third kappa shape index (κ3) is 5.15. The molecule has 1 aromatic rings. The van der Waals surface area contributed by atoms with Crippen LogP contribution in [0.1, 0.15) is 32.3 Å². The van der Waals surface area contributed by atoms with Gasteiger partial charge in [-0.05, 0) is 24.1 Å². The molecule has 0 aliphatic heterocycles. The molecule has 0 fully saturated rings. The molecule has 0 aliphatic carbocycles. The van der Waals surface area contributed by atoms with Gasteiger partial charge < -0.3 is 9.47 Å². The second-order valence-electron chi connectivity index (χ2n) is 3.65. The zero-order chi connectivity index (χ0) is 12.7. The molecule has 0 spiro atoms. The van der Waals surface area contributed by atoms with Gasteiger partial charge in [0.25, 0.3) is 0 Å². The highest BCUT2D eigenvalue weighted by Gasteiger charge is 2.02. The summed E-state index contributed by atoms with van der Waals surface area (Å²) in [6, 6.07) is 6.86. The molecule has 0 aromatic heterocycles. The summed E-state index contributed by atoms with van der Waals surface area (Å²) < 4.78 is 9.93. The number of hydrogen-bond acceptors (Lipinski definition) is 4. The van der Waals surface area contributed by atoms with Crippen LogP contribution in [0.25, 0.3) is 0 Å². The summed E-state index contributed by atoms with van der Waals surface area (Å²) >= 11 is 0. The first-order chi connectivity index (χ1) is 8.11. The molecule has 17 heavy (non-hydrogen) atoms. The van der Waals surface area contributed by atoms with E-state index in [4.69, 9.17) is 9.47 Å². The number of benzene rings is 1. The Morgan fingerprint density at radius 2 is 1.82 bits per heavy atom. The third-order valence-electron chi connectivity index (χ3n) is 2.04. The van der Waals surface area contributed by atoms with Gasteiger partial charge in [-0.3, -0.25) is 9.59 Å². The van der Waals surface area contributed by atoms with Crippen LogP contribution in [0.5, 0.6) is 5.75 Å². The van der Waals surface area contributed by atoms with Crippen molar-refractivity contribution in [2.45, 2.75) is 33.3 Å². The first-order valence-corrected chi connectivity index (χ1v) is 5.54. The molecular formula is C13H16O4. The van der Waals surface area contributed by atoms with Gasteiger partial charge in [0.1, 0.15) is 12.4 Å². The molecule has 0 aliphatic rings. The van der Waals surface area contributed by atoms with Gasteiger partial charge >= 0.3 is 11.9 Å². The Kier molecular flexibility index (Phi) is 5.20. The van der Waals surface area contributed by atoms with Crippen molar-refractivity contribution >= 4 is 11.9 Å². The second-order valence-corrected chi connectivity index (χ2v) is 3.65. The highest BCUT2D eigenvalue weighted by atomic mass is 16.5. The molecule has 0 saturated carbocycles. The van der Waals surface area contributed by atoms with E-state index in [1.807, 2.05) is 6.92 Å². The highest BCUT2D eigenvalue weighted by Crippen LogP contribution is 2.13. The van der Waals surface area contributed by atoms with Crippen LogP contribution in [0.2, 0.25) is 0 Å². The number of rotatable bonds is 5. The molecule has 0 bridgehead atoms. The molecule has 1 aromatic carbocycles. The van der Waals surface area contributed by atoms with Gasteiger partial charge in [0, 0.05) is 13.3 Å². The van der Waals surface area contributed by atoms with E-state index in [0.717, 1.165) is 12.0 Å². The van der Waals surface area contributed by atoms with Gasteiger partial charge in [-0.2, -0.15) is 0 Å². The lowest BCUT2D eigenvalue weighted by molar-refractivity contribution is -0.145. The third-order valence-corrected chi connectivity index (χ3v) is 2.04. The highest BCUT2D eigenvalue weighted by molar-refractivity contribution is 5.69. The number of carbonyl (C=O) groups is 2. The number of esters is 2. The average molecular weight is 236 g/mol. The summed E-state index contributed by atoms with van der Waals surface area (Å²) in [7, 11) is 0. The van der Waals surface area contributed by atoms with E-state index in [9.17, 15) is 9.59 Å². The fourth-order valence-electron chi connectivity index (χ4n) is 1.26. The summed E-state index contributed by atoms with van der Waals surface area (Å²) in [5.74, 6) is -0.0650. The number of carbonyl (C=O) groups excluding carboxylic acids is 2. The Balaban J connectivity index is 2.45. The largest absolute Gasteiger partial charge is 0.461 e. The molecule has 0 unspecified atom stereocenters. The molecular weight excluding hydrogens is 220 g/mol. The van der Waals surface area contributed by atoms with E-state index in [2.05, 4.69) is 0 Å². The van der Waals surface area contributed by atoms with Crippen LogP contribution in [0.3, 0.4) is 0 Å². The van der Waals surface area contributed by atoms with Gasteiger partial charge in [-0.25, -0.2) is 0 Å². The molecule has 0 heterocycles. The van der Waals surface area contributed by atoms with E-state index in [0.29, 0.717) is 12.2 Å². The molecule has 0 saturated heterocycles. The van der Waals surface area contributed by atoms with Crippen LogP contribution in [0.4, 0.5) is 0 Å². The minimum atomic E-state index is -0.355. The molecule has 0 radical (unpaired) electrons. The minimum Gasteiger partial charge on any atom is -0.461 e. The summed E-state index contributed by atoms with van der Waals surface area (Å²) in [6.45, 7) is 3.52. The van der Waals surface area contributed by atoms with E-state index < -0.39 is 0 Å². The zero-order valence-corrected chi connectivity index (χ0v) is 10.1. The Morgan fingerprint density at radius 1 is 1.18 bits per heavy atom. The average Bonchev–Trinajstić information content (AvgIpc) is 2.28. The number of hydrogen-bond donors (Lipinski definition) is 0. The van der Waals surface area contributed by atoms with Crippen molar-refractivity contribution in [1.29, 1.82) is 0 Å². The second kappa shape index (κ2) is 6.68. The van der Waals surface area contributed by atoms with Gasteiger partial charge in [-0.15, -0.1) is 0 Å². The quantitative estimate of drug-likeness (QED) is 0.582. The van der Waals surface area contributed by atoms with Crippen molar-refractivity contribution < 1.29 is 19.1 Å². The van der Waals surface area contributed by atoms with Crippen molar-refractivity contribution in [3.05, 3.63) is 29.8 Å². The van der Waals surface area contributed by atoms with Crippen molar-refractivity contribution in [1.82, 2.24) is 0 Å². The fourth-order valence-corrected chi connectivity index (χ4v) is 1.26. The lowest BCUT2D eigenvalue weighted by atomic mass is 10.2. The smallest absolute Gasteiger partial charge is 0.308 e. The van der Waals surface area contributed by atoms with Gasteiger partial charge in [0.2, 0.25) is 0 Å². The van der Waals surface area contributed by atoms with Crippen LogP contribution >= 0.6 is 0 Å². The molecule has 4 nitrogen and oxygen atoms in total. The monoisotopic (exact) mass is 236 g/mol. The standard InChI is InChI=1S/C13H16O4/c1-3-4-13(15)16-9-11-5-7-12(8-6-11)17-10(2)14/h5-8H,3-4,9H2,1-2H3. The van der Waals surface area contributed by atoms with E-state index in [1.54, 1.807) is 24.3 Å². The van der Waals surface area contributed by atoms with Gasteiger partial charge in [0.05, 0.1) is 0 Å². The Morgan fingerprint density at radius 3 is 2.35 bits per heavy atom. The van der Waals surface area contributed by atoms with Crippen molar-refractivity contribution in [3.63, 3.8) is 0 Å². The predicted octanol–water partition coefficient (Wildman–Crippen LogP) is 2.46. The minimum absolute atomic E-state index is 0.198. The Hall–Kier alpha value is -1.84. The van der Waals surface area contributed by atoms with E-state index in [1.165, 1.54) is 6.92 Å². The van der Waals surface area contributed by atoms with Crippen LogP contribution in [-0.2, 0) is 20.9 Å². The molecule has 0 amide bonds. The van der Waals surface area contributed by atoms with Crippen molar-refractivity contribution in [2.75, 3.05) is 0 Å². The molecule has 0 N–H and O–H groups in total. The first-order valence-electron chi connectivity index (χ1n) is 5.54. The maximum Gasteiger partial charge on any atom is 0.308 e. The van der Waals surface area contributed by atoms with Crippen LogP contribution < -0.4 is 4.74 Å². The molecule has 92 valence electrons. The van der Waals surface area contributed by atoms with Crippen molar-refractivity contribution in [3.8, 4) is 5.75 Å². The zero-order valence-electron chi connectivity index (χ0n) is 10.1. The topological polar surface area (TPSA) is 52.6 Å². The van der Waals surface area contributed by atoms with Crippen LogP contribution in [0, 0.1) is 0 Å². The SMILES string of the molecule is CCCC(=O)OCc1ccc(OC(C)=O)cc1. The van der Waals surface area contributed by atoms with Crippen LogP contribution in [-0.4, -0.2) is 11.9 Å². The maximum atomic E-state index is 11.1. The lowest BCUT2D eigenvalue weighted by Gasteiger charge is -2.05. The maximum absolute atomic E-state index is 11.1. The summed E-state index contributed by atoms with van der Waals surface area (Å²) in [4.78, 5) is 21.8. The summed E-state index contributed by atoms with van der Waals surface area (Å²) in [6.07, 6.45) is 1.22. The Bertz CT molecular complexity index is 381. The number of ether oxygens (including phenoxy) is 2. The molecule has 0 atom stereocenters. The van der Waals surface area contributed by atoms with E-state index >= 15 is 0 Å². The molecule has 1 rings (SSSR count). The van der Waals surface area contributed by atoms with Crippen LogP contribution in [0.15, 0.2) is 24.3 Å². The summed E-state index contributed by atoms with van der Waals surface area (Å²) in [5.41, 5.74) is 0.866.